The van der Waals surface area contributed by atoms with Crippen LogP contribution in [0.1, 0.15) is 26.5 Å². The van der Waals surface area contributed by atoms with Gasteiger partial charge in [0.1, 0.15) is 11.5 Å². The minimum absolute atomic E-state index is 0.0630. The van der Waals surface area contributed by atoms with Crippen LogP contribution in [0.15, 0.2) is 73.1 Å². The van der Waals surface area contributed by atoms with Crippen molar-refractivity contribution in [2.24, 2.45) is 0 Å². The third kappa shape index (κ3) is 3.73. The second-order valence-electron chi connectivity index (χ2n) is 7.28. The minimum Gasteiger partial charge on any atom is -0.401 e. The monoisotopic (exact) mass is 382 g/mol. The Bertz CT molecular complexity index is 811. The molecular weight excluding hydrogens is 360 g/mol. The summed E-state index contributed by atoms with van der Waals surface area (Å²) in [6.45, 7) is 7.17. The SMILES string of the molecule is CC(C)(C)[Si](OCc1cc(Cl)ncn1)(c1ccccc1)c1ccccc1. The molecule has 0 saturated heterocycles. The van der Waals surface area contributed by atoms with Crippen molar-refractivity contribution in [3.63, 3.8) is 0 Å². The van der Waals surface area contributed by atoms with E-state index in [1.807, 2.05) is 12.1 Å². The van der Waals surface area contributed by atoms with Crippen LogP contribution in [0.2, 0.25) is 10.2 Å². The zero-order valence-electron chi connectivity index (χ0n) is 15.3. The maximum absolute atomic E-state index is 6.80. The highest BCUT2D eigenvalue weighted by atomic mass is 35.5. The molecule has 1 aromatic heterocycles. The van der Waals surface area contributed by atoms with Gasteiger partial charge in [-0.2, -0.15) is 0 Å². The van der Waals surface area contributed by atoms with Crippen LogP contribution in [0.4, 0.5) is 0 Å². The number of rotatable bonds is 5. The van der Waals surface area contributed by atoms with Crippen LogP contribution in [-0.2, 0) is 11.0 Å². The summed E-state index contributed by atoms with van der Waals surface area (Å²) in [5.74, 6) is 0. The van der Waals surface area contributed by atoms with Crippen molar-refractivity contribution >= 4 is 30.3 Å². The summed E-state index contributed by atoms with van der Waals surface area (Å²) in [6, 6.07) is 22.9. The maximum atomic E-state index is 6.80. The molecule has 0 amide bonds. The Hall–Kier alpha value is -2.01. The lowest BCUT2D eigenvalue weighted by Gasteiger charge is -2.43. The molecule has 26 heavy (non-hydrogen) atoms. The molecule has 0 atom stereocenters. The van der Waals surface area contributed by atoms with Crippen LogP contribution in [0.3, 0.4) is 0 Å². The summed E-state index contributed by atoms with van der Waals surface area (Å²) in [7, 11) is -2.55. The van der Waals surface area contributed by atoms with Crippen LogP contribution >= 0.6 is 11.6 Å². The van der Waals surface area contributed by atoms with Gasteiger partial charge in [0, 0.05) is 0 Å². The highest BCUT2D eigenvalue weighted by Crippen LogP contribution is 2.37. The first-order valence-corrected chi connectivity index (χ1v) is 10.9. The zero-order valence-corrected chi connectivity index (χ0v) is 17.1. The van der Waals surface area contributed by atoms with Gasteiger partial charge in [-0.15, -0.1) is 0 Å². The first-order valence-electron chi connectivity index (χ1n) is 8.65. The van der Waals surface area contributed by atoms with Gasteiger partial charge in [-0.3, -0.25) is 0 Å². The summed E-state index contributed by atoms with van der Waals surface area (Å²) >= 11 is 6.02. The van der Waals surface area contributed by atoms with Crippen molar-refractivity contribution in [3.05, 3.63) is 83.9 Å². The van der Waals surface area contributed by atoms with Crippen LogP contribution in [0, 0.1) is 0 Å². The Morgan fingerprint density at radius 2 is 1.42 bits per heavy atom. The maximum Gasteiger partial charge on any atom is 0.261 e. The molecule has 5 heteroatoms. The van der Waals surface area contributed by atoms with Gasteiger partial charge in [-0.25, -0.2) is 9.97 Å². The molecule has 0 fully saturated rings. The molecule has 1 heterocycles. The predicted octanol–water partition coefficient (Wildman–Crippen LogP) is 4.21. The van der Waals surface area contributed by atoms with Crippen LogP contribution in [-0.4, -0.2) is 18.3 Å². The third-order valence-electron chi connectivity index (χ3n) is 4.54. The second kappa shape index (κ2) is 7.70. The first-order chi connectivity index (χ1) is 12.4. The van der Waals surface area contributed by atoms with Gasteiger partial charge in [0.15, 0.2) is 0 Å². The molecule has 134 valence electrons. The zero-order chi connectivity index (χ0) is 18.6. The molecule has 0 radical (unpaired) electrons. The van der Waals surface area contributed by atoms with E-state index in [4.69, 9.17) is 16.0 Å². The third-order valence-corrected chi connectivity index (χ3v) is 9.73. The molecule has 0 aliphatic rings. The van der Waals surface area contributed by atoms with Crippen molar-refractivity contribution in [2.45, 2.75) is 32.4 Å². The van der Waals surface area contributed by atoms with Crippen LogP contribution in [0.25, 0.3) is 0 Å². The summed E-state index contributed by atoms with van der Waals surface area (Å²) in [4.78, 5) is 8.27. The lowest BCUT2D eigenvalue weighted by atomic mass is 10.2. The highest BCUT2D eigenvalue weighted by Gasteiger charge is 2.50. The van der Waals surface area contributed by atoms with E-state index in [-0.39, 0.29) is 5.04 Å². The standard InChI is InChI=1S/C21H23ClN2OSi/c1-21(2,3)26(18-10-6-4-7-11-18,19-12-8-5-9-13-19)25-15-17-14-20(22)24-16-23-17/h4-14,16H,15H2,1-3H3. The fourth-order valence-electron chi connectivity index (χ4n) is 3.39. The average Bonchev–Trinajstić information content (AvgIpc) is 2.63. The van der Waals surface area contributed by atoms with Crippen LogP contribution < -0.4 is 10.4 Å². The summed E-state index contributed by atoms with van der Waals surface area (Å²) in [6.07, 6.45) is 1.48. The average molecular weight is 383 g/mol. The van der Waals surface area contributed by atoms with E-state index in [0.717, 1.165) is 5.69 Å². The van der Waals surface area contributed by atoms with Crippen molar-refractivity contribution in [1.82, 2.24) is 9.97 Å². The van der Waals surface area contributed by atoms with Gasteiger partial charge in [0.05, 0.1) is 12.3 Å². The Kier molecular flexibility index (Phi) is 5.56. The van der Waals surface area contributed by atoms with Gasteiger partial charge >= 0.3 is 0 Å². The molecule has 0 unspecified atom stereocenters. The van der Waals surface area contributed by atoms with E-state index in [1.54, 1.807) is 6.07 Å². The quantitative estimate of drug-likeness (QED) is 0.489. The lowest BCUT2D eigenvalue weighted by Crippen LogP contribution is -2.66. The van der Waals surface area contributed by atoms with Crippen molar-refractivity contribution in [3.8, 4) is 0 Å². The Morgan fingerprint density at radius 1 is 0.885 bits per heavy atom. The fraction of sp³-hybridized carbons (Fsp3) is 0.238. The number of nitrogens with zero attached hydrogens (tertiary/aromatic N) is 2. The normalized spacial score (nSPS) is 12.2. The van der Waals surface area contributed by atoms with E-state index in [1.165, 1.54) is 16.7 Å². The highest BCUT2D eigenvalue weighted by molar-refractivity contribution is 6.99. The molecule has 3 nitrogen and oxygen atoms in total. The molecule has 2 aromatic carbocycles. The number of hydrogen-bond donors (Lipinski definition) is 0. The molecule has 0 N–H and O–H groups in total. The number of hydrogen-bond acceptors (Lipinski definition) is 3. The van der Waals surface area contributed by atoms with Gasteiger partial charge < -0.3 is 4.43 Å². The lowest BCUT2D eigenvalue weighted by molar-refractivity contribution is 0.281. The van der Waals surface area contributed by atoms with Crippen molar-refractivity contribution < 1.29 is 4.43 Å². The summed E-state index contributed by atoms with van der Waals surface area (Å²) in [5.41, 5.74) is 0.790. The van der Waals surface area contributed by atoms with E-state index in [0.29, 0.717) is 11.8 Å². The van der Waals surface area contributed by atoms with E-state index in [2.05, 4.69) is 79.3 Å². The summed E-state index contributed by atoms with van der Waals surface area (Å²) < 4.78 is 6.80. The Balaban J connectivity index is 2.11. The molecule has 3 aromatic rings. The molecular formula is C21H23ClN2OSi. The molecule has 0 aliphatic heterocycles. The second-order valence-corrected chi connectivity index (χ2v) is 12.0. The first kappa shape index (κ1) is 18.8. The van der Waals surface area contributed by atoms with Crippen molar-refractivity contribution in [2.75, 3.05) is 0 Å². The van der Waals surface area contributed by atoms with E-state index in [9.17, 15) is 0 Å². The largest absolute Gasteiger partial charge is 0.401 e. The van der Waals surface area contributed by atoms with Crippen molar-refractivity contribution in [1.29, 1.82) is 0 Å². The van der Waals surface area contributed by atoms with E-state index >= 15 is 0 Å². The summed E-state index contributed by atoms with van der Waals surface area (Å²) in [5, 5.41) is 2.87. The van der Waals surface area contributed by atoms with Gasteiger partial charge in [0.2, 0.25) is 0 Å². The van der Waals surface area contributed by atoms with Gasteiger partial charge in [-0.1, -0.05) is 93.0 Å². The molecule has 0 aliphatic carbocycles. The topological polar surface area (TPSA) is 35.0 Å². The molecule has 3 rings (SSSR count). The smallest absolute Gasteiger partial charge is 0.261 e. The Labute approximate surface area is 161 Å². The van der Waals surface area contributed by atoms with E-state index < -0.39 is 8.32 Å². The van der Waals surface area contributed by atoms with Gasteiger partial charge in [-0.05, 0) is 21.5 Å². The Morgan fingerprint density at radius 3 is 1.88 bits per heavy atom. The molecule has 0 spiro atoms. The van der Waals surface area contributed by atoms with Gasteiger partial charge in [0.25, 0.3) is 8.32 Å². The fourth-order valence-corrected chi connectivity index (χ4v) is 8.08. The number of halogens is 1. The molecule has 0 bridgehead atoms. The van der Waals surface area contributed by atoms with Crippen LogP contribution in [0.5, 0.6) is 0 Å². The predicted molar refractivity (Wildman–Crippen MR) is 109 cm³/mol. The number of benzene rings is 2. The minimum atomic E-state index is -2.55. The molecule has 0 saturated carbocycles. The number of aromatic nitrogens is 2.